The number of halogens is 1. The fourth-order valence-corrected chi connectivity index (χ4v) is 2.95. The van der Waals surface area contributed by atoms with Crippen molar-refractivity contribution < 1.29 is 28.3 Å². The Morgan fingerprint density at radius 3 is 2.34 bits per heavy atom. The van der Waals surface area contributed by atoms with E-state index in [0.717, 1.165) is 0 Å². The van der Waals surface area contributed by atoms with Crippen LogP contribution in [0.1, 0.15) is 17.5 Å². The van der Waals surface area contributed by atoms with Crippen LogP contribution >= 0.6 is 11.6 Å². The van der Waals surface area contributed by atoms with Crippen LogP contribution in [0.3, 0.4) is 0 Å². The van der Waals surface area contributed by atoms with Gasteiger partial charge in [-0.2, -0.15) is 0 Å². The Morgan fingerprint density at radius 2 is 1.72 bits per heavy atom. The molecule has 1 saturated heterocycles. The van der Waals surface area contributed by atoms with E-state index in [1.165, 1.54) is 6.26 Å². The first-order chi connectivity index (χ1) is 13.9. The number of esters is 1. The number of rotatable bonds is 6. The van der Waals surface area contributed by atoms with E-state index >= 15 is 0 Å². The van der Waals surface area contributed by atoms with E-state index < -0.39 is 12.1 Å². The molecule has 0 N–H and O–H groups in total. The van der Waals surface area contributed by atoms with Gasteiger partial charge in [-0.05, 0) is 43.3 Å². The lowest BCUT2D eigenvalue weighted by atomic mass is 10.3. The van der Waals surface area contributed by atoms with Crippen LogP contribution in [0.2, 0.25) is 5.02 Å². The smallest absolute Gasteiger partial charge is 0.347 e. The third-order valence-corrected chi connectivity index (χ3v) is 4.70. The number of hydrogen-bond donors (Lipinski definition) is 0. The van der Waals surface area contributed by atoms with Crippen LogP contribution < -0.4 is 4.74 Å². The van der Waals surface area contributed by atoms with Crippen LogP contribution in [0.15, 0.2) is 47.1 Å². The van der Waals surface area contributed by atoms with Crippen molar-refractivity contribution in [1.29, 1.82) is 0 Å². The predicted molar refractivity (Wildman–Crippen MR) is 104 cm³/mol. The molecule has 2 heterocycles. The molecular weight excluding hydrogens is 400 g/mol. The summed E-state index contributed by atoms with van der Waals surface area (Å²) in [6.07, 6.45) is 0.575. The second-order valence-corrected chi connectivity index (χ2v) is 6.91. The molecule has 0 radical (unpaired) electrons. The van der Waals surface area contributed by atoms with Crippen molar-refractivity contribution in [1.82, 2.24) is 9.80 Å². The monoisotopic (exact) mass is 420 g/mol. The molecule has 1 aromatic carbocycles. The first kappa shape index (κ1) is 20.7. The molecule has 3 rings (SSSR count). The second-order valence-electron chi connectivity index (χ2n) is 6.47. The van der Waals surface area contributed by atoms with Crippen LogP contribution in [0.5, 0.6) is 5.75 Å². The molecular formula is C20H21ClN2O6. The molecule has 0 spiro atoms. The van der Waals surface area contributed by atoms with Gasteiger partial charge in [-0.1, -0.05) is 11.6 Å². The van der Waals surface area contributed by atoms with Gasteiger partial charge in [0.2, 0.25) is 0 Å². The average Bonchev–Trinajstić information content (AvgIpc) is 3.28. The molecule has 0 aliphatic carbocycles. The molecule has 0 saturated carbocycles. The van der Waals surface area contributed by atoms with Crippen LogP contribution in [-0.2, 0) is 14.3 Å². The SMILES string of the molecule is CC(Oc1ccc(Cl)cc1)C(=O)OCC(=O)N1CCN(C(=O)c2ccco2)CC1. The zero-order valence-electron chi connectivity index (χ0n) is 15.9. The van der Waals surface area contributed by atoms with Crippen molar-refractivity contribution >= 4 is 29.4 Å². The lowest BCUT2D eigenvalue weighted by Crippen LogP contribution is -2.51. The van der Waals surface area contributed by atoms with Gasteiger partial charge in [0.05, 0.1) is 6.26 Å². The van der Waals surface area contributed by atoms with Crippen LogP contribution in [-0.4, -0.2) is 66.5 Å². The van der Waals surface area contributed by atoms with Gasteiger partial charge in [0.15, 0.2) is 18.5 Å². The molecule has 1 aliphatic heterocycles. The van der Waals surface area contributed by atoms with E-state index in [-0.39, 0.29) is 24.2 Å². The van der Waals surface area contributed by atoms with Crippen molar-refractivity contribution in [3.8, 4) is 5.75 Å². The largest absolute Gasteiger partial charge is 0.479 e. The third kappa shape index (κ3) is 5.51. The molecule has 1 fully saturated rings. The number of benzene rings is 1. The molecule has 9 heteroatoms. The topological polar surface area (TPSA) is 89.3 Å². The summed E-state index contributed by atoms with van der Waals surface area (Å²) in [5.74, 6) is -0.417. The van der Waals surface area contributed by atoms with E-state index in [1.54, 1.807) is 53.1 Å². The van der Waals surface area contributed by atoms with E-state index in [1.807, 2.05) is 0 Å². The molecule has 2 aromatic rings. The van der Waals surface area contributed by atoms with Crippen molar-refractivity contribution in [2.24, 2.45) is 0 Å². The zero-order chi connectivity index (χ0) is 20.8. The maximum atomic E-state index is 12.3. The minimum absolute atomic E-state index is 0.207. The summed E-state index contributed by atoms with van der Waals surface area (Å²) >= 11 is 5.81. The number of hydrogen-bond acceptors (Lipinski definition) is 6. The van der Waals surface area contributed by atoms with Gasteiger partial charge in [0.25, 0.3) is 11.8 Å². The first-order valence-electron chi connectivity index (χ1n) is 9.13. The minimum Gasteiger partial charge on any atom is -0.479 e. The summed E-state index contributed by atoms with van der Waals surface area (Å²) in [5, 5.41) is 0.559. The van der Waals surface area contributed by atoms with Crippen LogP contribution in [0.25, 0.3) is 0 Å². The average molecular weight is 421 g/mol. The van der Waals surface area contributed by atoms with E-state index in [2.05, 4.69) is 0 Å². The Hall–Kier alpha value is -3.00. The standard InChI is InChI=1S/C20H21ClN2O6/c1-14(29-16-6-4-15(21)5-7-16)20(26)28-13-18(24)22-8-10-23(11-9-22)19(25)17-3-2-12-27-17/h2-7,12,14H,8-11,13H2,1H3. The van der Waals surface area contributed by atoms with Gasteiger partial charge in [-0.25, -0.2) is 4.79 Å². The Kier molecular flexibility index (Phi) is 6.77. The second kappa shape index (κ2) is 9.47. The molecule has 0 bridgehead atoms. The lowest BCUT2D eigenvalue weighted by Gasteiger charge is -2.34. The van der Waals surface area contributed by atoms with Crippen molar-refractivity contribution in [2.75, 3.05) is 32.8 Å². The van der Waals surface area contributed by atoms with E-state index in [0.29, 0.717) is 37.0 Å². The molecule has 1 atom stereocenters. The van der Waals surface area contributed by atoms with Gasteiger partial charge < -0.3 is 23.7 Å². The zero-order valence-corrected chi connectivity index (χ0v) is 16.6. The Labute approximate surface area is 172 Å². The number of furan rings is 1. The van der Waals surface area contributed by atoms with Gasteiger partial charge in [-0.3, -0.25) is 9.59 Å². The minimum atomic E-state index is -0.869. The number of carbonyl (C=O) groups excluding carboxylic acids is 3. The summed E-state index contributed by atoms with van der Waals surface area (Å²) in [6.45, 7) is 2.66. The lowest BCUT2D eigenvalue weighted by molar-refractivity contribution is -0.157. The van der Waals surface area contributed by atoms with Crippen molar-refractivity contribution in [3.05, 3.63) is 53.4 Å². The number of nitrogens with zero attached hydrogens (tertiary/aromatic N) is 2. The van der Waals surface area contributed by atoms with Gasteiger partial charge in [0.1, 0.15) is 5.75 Å². The highest BCUT2D eigenvalue weighted by molar-refractivity contribution is 6.30. The number of carbonyl (C=O) groups is 3. The Bertz CT molecular complexity index is 844. The normalized spacial score (nSPS) is 15.0. The molecule has 1 unspecified atom stereocenters. The first-order valence-corrected chi connectivity index (χ1v) is 9.51. The van der Waals surface area contributed by atoms with Crippen LogP contribution in [0, 0.1) is 0 Å². The quantitative estimate of drug-likeness (QED) is 0.666. The van der Waals surface area contributed by atoms with Crippen molar-refractivity contribution in [3.63, 3.8) is 0 Å². The predicted octanol–water partition coefficient (Wildman–Crippen LogP) is 2.23. The Balaban J connectivity index is 1.40. The molecule has 29 heavy (non-hydrogen) atoms. The summed E-state index contributed by atoms with van der Waals surface area (Å²) in [4.78, 5) is 39.8. The van der Waals surface area contributed by atoms with Gasteiger partial charge in [-0.15, -0.1) is 0 Å². The maximum absolute atomic E-state index is 12.3. The molecule has 1 aliphatic rings. The third-order valence-electron chi connectivity index (χ3n) is 4.45. The van der Waals surface area contributed by atoms with Gasteiger partial charge >= 0.3 is 5.97 Å². The Morgan fingerprint density at radius 1 is 1.07 bits per heavy atom. The molecule has 2 amide bonds. The van der Waals surface area contributed by atoms with E-state index in [4.69, 9.17) is 25.5 Å². The molecule has 154 valence electrons. The van der Waals surface area contributed by atoms with E-state index in [9.17, 15) is 14.4 Å². The number of ether oxygens (including phenoxy) is 2. The molecule has 1 aromatic heterocycles. The summed E-state index contributed by atoms with van der Waals surface area (Å²) in [5.41, 5.74) is 0. The molecule has 8 nitrogen and oxygen atoms in total. The fraction of sp³-hybridized carbons (Fsp3) is 0.350. The summed E-state index contributed by atoms with van der Waals surface area (Å²) < 4.78 is 15.7. The summed E-state index contributed by atoms with van der Waals surface area (Å²) in [7, 11) is 0. The van der Waals surface area contributed by atoms with Crippen molar-refractivity contribution in [2.45, 2.75) is 13.0 Å². The fourth-order valence-electron chi connectivity index (χ4n) is 2.82. The highest BCUT2D eigenvalue weighted by atomic mass is 35.5. The van der Waals surface area contributed by atoms with Crippen LogP contribution in [0.4, 0.5) is 0 Å². The highest BCUT2D eigenvalue weighted by Gasteiger charge is 2.27. The number of amides is 2. The number of piperazine rings is 1. The summed E-state index contributed by atoms with van der Waals surface area (Å²) in [6, 6.07) is 9.83. The highest BCUT2D eigenvalue weighted by Crippen LogP contribution is 2.17. The maximum Gasteiger partial charge on any atom is 0.347 e. The van der Waals surface area contributed by atoms with Gasteiger partial charge in [0, 0.05) is 31.2 Å².